The first-order chi connectivity index (χ1) is 13.4. The standard InChI is InChI=1S/C18H16F2N4O2S2/c1-3-21-17(25)13-8-27-15(23-13)7-14-16(9(2)24-28-14)18(26)22-10-4-5-11(19)12(20)6-10/h4-6,8H,3,7H2,1-2H3,(H,21,25)(H,22,26). The Hall–Kier alpha value is -2.72. The summed E-state index contributed by atoms with van der Waals surface area (Å²) >= 11 is 2.48. The van der Waals surface area contributed by atoms with Crippen LogP contribution in [-0.4, -0.2) is 27.7 Å². The van der Waals surface area contributed by atoms with E-state index < -0.39 is 17.5 Å². The molecule has 10 heteroatoms. The van der Waals surface area contributed by atoms with Gasteiger partial charge in [-0.15, -0.1) is 11.3 Å². The van der Waals surface area contributed by atoms with E-state index in [0.717, 1.165) is 23.7 Å². The van der Waals surface area contributed by atoms with Crippen LogP contribution in [0.3, 0.4) is 0 Å². The molecule has 0 aliphatic heterocycles. The normalized spacial score (nSPS) is 10.7. The number of nitrogens with zero attached hydrogens (tertiary/aromatic N) is 2. The van der Waals surface area contributed by atoms with E-state index >= 15 is 0 Å². The summed E-state index contributed by atoms with van der Waals surface area (Å²) < 4.78 is 30.6. The lowest BCUT2D eigenvalue weighted by Crippen LogP contribution is -2.22. The van der Waals surface area contributed by atoms with Crippen LogP contribution in [-0.2, 0) is 6.42 Å². The second-order valence-electron chi connectivity index (χ2n) is 5.81. The number of amides is 2. The minimum absolute atomic E-state index is 0.147. The molecule has 2 heterocycles. The SMILES string of the molecule is CCNC(=O)c1csc(Cc2snc(C)c2C(=O)Nc2ccc(F)c(F)c2)n1. The van der Waals surface area contributed by atoms with Crippen molar-refractivity contribution in [2.24, 2.45) is 0 Å². The maximum Gasteiger partial charge on any atom is 0.270 e. The van der Waals surface area contributed by atoms with E-state index in [4.69, 9.17) is 0 Å². The van der Waals surface area contributed by atoms with Crippen molar-refractivity contribution in [2.45, 2.75) is 20.3 Å². The predicted molar refractivity (Wildman–Crippen MR) is 104 cm³/mol. The van der Waals surface area contributed by atoms with E-state index in [2.05, 4.69) is 20.0 Å². The summed E-state index contributed by atoms with van der Waals surface area (Å²) in [5.41, 5.74) is 1.37. The van der Waals surface area contributed by atoms with Gasteiger partial charge in [0.2, 0.25) is 0 Å². The number of anilines is 1. The van der Waals surface area contributed by atoms with Crippen LogP contribution in [0.15, 0.2) is 23.6 Å². The zero-order valence-corrected chi connectivity index (χ0v) is 16.6. The molecule has 1 aromatic carbocycles. The Balaban J connectivity index is 1.79. The molecule has 2 N–H and O–H groups in total. The zero-order chi connectivity index (χ0) is 20.3. The fourth-order valence-electron chi connectivity index (χ4n) is 2.48. The summed E-state index contributed by atoms with van der Waals surface area (Å²) in [6, 6.07) is 3.15. The van der Waals surface area contributed by atoms with Crippen LogP contribution in [0.4, 0.5) is 14.5 Å². The van der Waals surface area contributed by atoms with Crippen molar-refractivity contribution in [2.75, 3.05) is 11.9 Å². The largest absolute Gasteiger partial charge is 0.351 e. The number of aromatic nitrogens is 2. The quantitative estimate of drug-likeness (QED) is 0.633. The van der Waals surface area contributed by atoms with E-state index in [1.54, 1.807) is 12.3 Å². The monoisotopic (exact) mass is 422 g/mol. The van der Waals surface area contributed by atoms with Gasteiger partial charge in [-0.1, -0.05) is 0 Å². The summed E-state index contributed by atoms with van der Waals surface area (Å²) in [7, 11) is 0. The number of nitrogens with one attached hydrogen (secondary N) is 2. The van der Waals surface area contributed by atoms with Crippen LogP contribution in [0, 0.1) is 18.6 Å². The minimum Gasteiger partial charge on any atom is -0.351 e. The first kappa shape index (κ1) is 20.0. The fourth-order valence-corrected chi connectivity index (χ4v) is 4.23. The van der Waals surface area contributed by atoms with Crippen molar-refractivity contribution in [1.29, 1.82) is 0 Å². The third-order valence-corrected chi connectivity index (χ3v) is 5.55. The molecule has 6 nitrogen and oxygen atoms in total. The third kappa shape index (κ3) is 4.39. The molecule has 0 radical (unpaired) electrons. The number of halogens is 2. The Bertz CT molecular complexity index is 1030. The molecular formula is C18H16F2N4O2S2. The summed E-state index contributed by atoms with van der Waals surface area (Å²) in [5, 5.41) is 7.58. The first-order valence-corrected chi connectivity index (χ1v) is 9.98. The molecule has 28 heavy (non-hydrogen) atoms. The molecular weight excluding hydrogens is 406 g/mol. The number of hydrogen-bond donors (Lipinski definition) is 2. The van der Waals surface area contributed by atoms with Crippen molar-refractivity contribution in [3.8, 4) is 0 Å². The third-order valence-electron chi connectivity index (χ3n) is 3.77. The van der Waals surface area contributed by atoms with Gasteiger partial charge in [0.25, 0.3) is 11.8 Å². The number of thiazole rings is 1. The van der Waals surface area contributed by atoms with Gasteiger partial charge in [0.05, 0.1) is 16.3 Å². The highest BCUT2D eigenvalue weighted by molar-refractivity contribution is 7.10. The minimum atomic E-state index is -1.04. The van der Waals surface area contributed by atoms with E-state index in [1.165, 1.54) is 17.4 Å². The van der Waals surface area contributed by atoms with Gasteiger partial charge in [0.15, 0.2) is 11.6 Å². The molecule has 0 atom stereocenters. The molecule has 0 spiro atoms. The number of rotatable bonds is 6. The van der Waals surface area contributed by atoms with Crippen LogP contribution in [0.1, 0.15) is 43.3 Å². The molecule has 2 amide bonds. The van der Waals surface area contributed by atoms with Crippen LogP contribution >= 0.6 is 22.9 Å². The molecule has 0 saturated carbocycles. The molecule has 0 aliphatic carbocycles. The van der Waals surface area contributed by atoms with E-state index in [9.17, 15) is 18.4 Å². The Morgan fingerprint density at radius 1 is 1.18 bits per heavy atom. The van der Waals surface area contributed by atoms with Crippen LogP contribution in [0.5, 0.6) is 0 Å². The Kier molecular flexibility index (Phi) is 6.10. The van der Waals surface area contributed by atoms with Gasteiger partial charge in [-0.05, 0) is 37.5 Å². The van der Waals surface area contributed by atoms with Crippen molar-refractivity contribution in [1.82, 2.24) is 14.7 Å². The average Bonchev–Trinajstić information content (AvgIpc) is 3.26. The fraction of sp³-hybridized carbons (Fsp3) is 0.222. The molecule has 3 aromatic rings. The van der Waals surface area contributed by atoms with E-state index in [1.807, 2.05) is 6.92 Å². The van der Waals surface area contributed by atoms with E-state index in [-0.39, 0.29) is 11.6 Å². The maximum absolute atomic E-state index is 13.4. The van der Waals surface area contributed by atoms with Crippen molar-refractivity contribution < 1.29 is 18.4 Å². The molecule has 0 saturated heterocycles. The van der Waals surface area contributed by atoms with Crippen molar-refractivity contribution in [3.63, 3.8) is 0 Å². The first-order valence-electron chi connectivity index (χ1n) is 8.33. The van der Waals surface area contributed by atoms with Gasteiger partial charge >= 0.3 is 0 Å². The van der Waals surface area contributed by atoms with Gasteiger partial charge in [-0.25, -0.2) is 13.8 Å². The number of carbonyl (C=O) groups excluding carboxylic acids is 2. The zero-order valence-electron chi connectivity index (χ0n) is 15.0. The summed E-state index contributed by atoms with van der Waals surface area (Å²) in [6.45, 7) is 4.03. The smallest absolute Gasteiger partial charge is 0.270 e. The Morgan fingerprint density at radius 3 is 2.68 bits per heavy atom. The highest BCUT2D eigenvalue weighted by Crippen LogP contribution is 2.25. The summed E-state index contributed by atoms with van der Waals surface area (Å²) in [5.74, 6) is -2.74. The van der Waals surface area contributed by atoms with Crippen LogP contribution in [0.2, 0.25) is 0 Å². The molecule has 0 fully saturated rings. The lowest BCUT2D eigenvalue weighted by Gasteiger charge is -2.07. The topological polar surface area (TPSA) is 84.0 Å². The molecule has 2 aromatic heterocycles. The Labute approximate surface area is 167 Å². The maximum atomic E-state index is 13.4. The van der Waals surface area contributed by atoms with Gasteiger partial charge in [0.1, 0.15) is 5.69 Å². The van der Waals surface area contributed by atoms with Crippen LogP contribution in [0.25, 0.3) is 0 Å². The van der Waals surface area contributed by atoms with Crippen molar-refractivity contribution in [3.05, 3.63) is 62.0 Å². The lowest BCUT2D eigenvalue weighted by molar-refractivity contribution is 0.0950. The number of benzene rings is 1. The molecule has 3 rings (SSSR count). The van der Waals surface area contributed by atoms with E-state index in [0.29, 0.717) is 39.8 Å². The van der Waals surface area contributed by atoms with Crippen LogP contribution < -0.4 is 10.6 Å². The molecule has 0 bridgehead atoms. The highest BCUT2D eigenvalue weighted by Gasteiger charge is 2.21. The number of carbonyl (C=O) groups is 2. The average molecular weight is 422 g/mol. The van der Waals surface area contributed by atoms with Crippen molar-refractivity contribution >= 4 is 40.4 Å². The Morgan fingerprint density at radius 2 is 1.96 bits per heavy atom. The number of hydrogen-bond acceptors (Lipinski definition) is 6. The molecule has 0 unspecified atom stereocenters. The van der Waals surface area contributed by atoms with Gasteiger partial charge < -0.3 is 10.6 Å². The molecule has 146 valence electrons. The van der Waals surface area contributed by atoms with Gasteiger partial charge in [0, 0.05) is 35.0 Å². The number of aryl methyl sites for hydroxylation is 1. The van der Waals surface area contributed by atoms with Gasteiger partial charge in [-0.2, -0.15) is 4.37 Å². The predicted octanol–water partition coefficient (Wildman–Crippen LogP) is 3.78. The highest BCUT2D eigenvalue weighted by atomic mass is 32.1. The summed E-state index contributed by atoms with van der Waals surface area (Å²) in [6.07, 6.45) is 0.343. The molecule has 0 aliphatic rings. The second-order valence-corrected chi connectivity index (χ2v) is 7.61. The summed E-state index contributed by atoms with van der Waals surface area (Å²) in [4.78, 5) is 29.5. The van der Waals surface area contributed by atoms with Gasteiger partial charge in [-0.3, -0.25) is 9.59 Å². The lowest BCUT2D eigenvalue weighted by atomic mass is 10.1. The second kappa shape index (κ2) is 8.53.